The predicted molar refractivity (Wildman–Crippen MR) is 82.7 cm³/mol. The van der Waals surface area contributed by atoms with Gasteiger partial charge in [-0.25, -0.2) is 0 Å². The molecule has 0 saturated carbocycles. The molecular weight excluding hydrogens is 317 g/mol. The number of amides is 1. The standard InChI is InChI=1S/C14H9Cl2NO2S/c15-9-3-5-11(16)12(8-9)17-14(19)13-6-4-10(20-13)2-1-7-18/h3-6,8,18H,7H2,(H,17,19). The summed E-state index contributed by atoms with van der Waals surface area (Å²) >= 11 is 13.1. The first-order chi connectivity index (χ1) is 9.60. The van der Waals surface area contributed by atoms with Gasteiger partial charge in [0.2, 0.25) is 0 Å². The molecule has 6 heteroatoms. The van der Waals surface area contributed by atoms with Gasteiger partial charge in [0.25, 0.3) is 5.91 Å². The number of carbonyl (C=O) groups excluding carboxylic acids is 1. The van der Waals surface area contributed by atoms with E-state index in [0.717, 1.165) is 0 Å². The van der Waals surface area contributed by atoms with E-state index in [0.29, 0.717) is 25.5 Å². The lowest BCUT2D eigenvalue weighted by Crippen LogP contribution is -2.10. The van der Waals surface area contributed by atoms with E-state index in [1.54, 1.807) is 30.3 Å². The molecule has 1 aromatic carbocycles. The van der Waals surface area contributed by atoms with Gasteiger partial charge in [0.1, 0.15) is 6.61 Å². The van der Waals surface area contributed by atoms with Gasteiger partial charge in [-0.05, 0) is 30.3 Å². The van der Waals surface area contributed by atoms with Gasteiger partial charge in [-0.15, -0.1) is 11.3 Å². The molecule has 0 atom stereocenters. The fraction of sp³-hybridized carbons (Fsp3) is 0.0714. The zero-order chi connectivity index (χ0) is 14.5. The van der Waals surface area contributed by atoms with E-state index in [9.17, 15) is 4.79 Å². The second kappa shape index (κ2) is 6.78. The molecule has 0 radical (unpaired) electrons. The van der Waals surface area contributed by atoms with Crippen LogP contribution in [-0.4, -0.2) is 17.6 Å². The monoisotopic (exact) mass is 325 g/mol. The Bertz CT molecular complexity index is 701. The summed E-state index contributed by atoms with van der Waals surface area (Å²) in [5, 5.41) is 12.2. The Morgan fingerprint density at radius 2 is 2.10 bits per heavy atom. The maximum atomic E-state index is 12.1. The first kappa shape index (κ1) is 14.9. The molecule has 102 valence electrons. The van der Waals surface area contributed by atoms with Crippen molar-refractivity contribution >= 4 is 46.1 Å². The van der Waals surface area contributed by atoms with Crippen LogP contribution in [0.4, 0.5) is 5.69 Å². The third-order valence-corrected chi connectivity index (χ3v) is 3.86. The van der Waals surface area contributed by atoms with Crippen LogP contribution in [0.25, 0.3) is 0 Å². The summed E-state index contributed by atoms with van der Waals surface area (Å²) in [5.41, 5.74) is 0.459. The number of aliphatic hydroxyl groups is 1. The highest BCUT2D eigenvalue weighted by Gasteiger charge is 2.11. The van der Waals surface area contributed by atoms with Crippen LogP contribution in [0, 0.1) is 11.8 Å². The highest BCUT2D eigenvalue weighted by molar-refractivity contribution is 7.14. The Morgan fingerprint density at radius 1 is 1.30 bits per heavy atom. The van der Waals surface area contributed by atoms with E-state index >= 15 is 0 Å². The molecule has 0 fully saturated rings. The molecule has 3 nitrogen and oxygen atoms in total. The molecule has 2 rings (SSSR count). The summed E-state index contributed by atoms with van der Waals surface area (Å²) in [6.07, 6.45) is 0. The number of carbonyl (C=O) groups is 1. The van der Waals surface area contributed by atoms with Gasteiger partial charge in [0.05, 0.1) is 20.5 Å². The van der Waals surface area contributed by atoms with E-state index in [4.69, 9.17) is 28.3 Å². The zero-order valence-corrected chi connectivity index (χ0v) is 12.4. The van der Waals surface area contributed by atoms with Crippen molar-refractivity contribution in [1.82, 2.24) is 0 Å². The SMILES string of the molecule is O=C(Nc1cc(Cl)ccc1Cl)c1ccc(C#CCO)s1. The van der Waals surface area contributed by atoms with E-state index < -0.39 is 0 Å². The minimum Gasteiger partial charge on any atom is -0.384 e. The lowest BCUT2D eigenvalue weighted by molar-refractivity contribution is 0.103. The predicted octanol–water partition coefficient (Wildman–Crippen LogP) is 3.65. The van der Waals surface area contributed by atoms with Gasteiger partial charge in [-0.2, -0.15) is 0 Å². The number of hydrogen-bond donors (Lipinski definition) is 2. The molecule has 1 heterocycles. The first-order valence-corrected chi connectivity index (χ1v) is 7.13. The summed E-state index contributed by atoms with van der Waals surface area (Å²) in [4.78, 5) is 13.3. The highest BCUT2D eigenvalue weighted by atomic mass is 35.5. The van der Waals surface area contributed by atoms with E-state index in [1.165, 1.54) is 11.3 Å². The second-order valence-electron chi connectivity index (χ2n) is 3.70. The molecule has 1 amide bonds. The first-order valence-electron chi connectivity index (χ1n) is 5.56. The van der Waals surface area contributed by atoms with Crippen molar-refractivity contribution < 1.29 is 9.90 Å². The molecule has 20 heavy (non-hydrogen) atoms. The lowest BCUT2D eigenvalue weighted by Gasteiger charge is -2.06. The molecule has 0 spiro atoms. The zero-order valence-electron chi connectivity index (χ0n) is 10.1. The van der Waals surface area contributed by atoms with Crippen molar-refractivity contribution in [2.45, 2.75) is 0 Å². The molecule has 1 aromatic heterocycles. The summed E-state index contributed by atoms with van der Waals surface area (Å²) < 4.78 is 0. The fourth-order valence-electron chi connectivity index (χ4n) is 1.43. The average Bonchev–Trinajstić information content (AvgIpc) is 2.89. The quantitative estimate of drug-likeness (QED) is 0.828. The van der Waals surface area contributed by atoms with Crippen LogP contribution in [-0.2, 0) is 0 Å². The number of thiophene rings is 1. The maximum absolute atomic E-state index is 12.1. The maximum Gasteiger partial charge on any atom is 0.265 e. The number of nitrogens with one attached hydrogen (secondary N) is 1. The number of anilines is 1. The van der Waals surface area contributed by atoms with Crippen LogP contribution in [0.15, 0.2) is 30.3 Å². The van der Waals surface area contributed by atoms with Gasteiger partial charge < -0.3 is 10.4 Å². The van der Waals surface area contributed by atoms with Crippen molar-refractivity contribution in [3.05, 3.63) is 50.1 Å². The third-order valence-electron chi connectivity index (χ3n) is 2.30. The summed E-state index contributed by atoms with van der Waals surface area (Å²) in [6.45, 7) is -0.211. The van der Waals surface area contributed by atoms with Crippen LogP contribution in [0.3, 0.4) is 0 Å². The molecule has 0 aliphatic heterocycles. The van der Waals surface area contributed by atoms with Crippen molar-refractivity contribution in [2.24, 2.45) is 0 Å². The normalized spacial score (nSPS) is 9.75. The lowest BCUT2D eigenvalue weighted by atomic mass is 10.3. The minimum absolute atomic E-state index is 0.211. The van der Waals surface area contributed by atoms with Crippen molar-refractivity contribution in [3.63, 3.8) is 0 Å². The smallest absolute Gasteiger partial charge is 0.265 e. The number of halogens is 2. The molecule has 0 saturated heterocycles. The largest absolute Gasteiger partial charge is 0.384 e. The van der Waals surface area contributed by atoms with Crippen molar-refractivity contribution in [3.8, 4) is 11.8 Å². The fourth-order valence-corrected chi connectivity index (χ4v) is 2.54. The number of benzene rings is 1. The average molecular weight is 326 g/mol. The second-order valence-corrected chi connectivity index (χ2v) is 5.63. The summed E-state index contributed by atoms with van der Waals surface area (Å²) in [5.74, 6) is 4.99. The summed E-state index contributed by atoms with van der Waals surface area (Å²) in [6, 6.07) is 8.24. The minimum atomic E-state index is -0.281. The topological polar surface area (TPSA) is 49.3 Å². The van der Waals surface area contributed by atoms with Gasteiger partial charge >= 0.3 is 0 Å². The van der Waals surface area contributed by atoms with Gasteiger partial charge in [-0.3, -0.25) is 4.79 Å². The van der Waals surface area contributed by atoms with E-state index in [-0.39, 0.29) is 12.5 Å². The number of rotatable bonds is 2. The third kappa shape index (κ3) is 3.75. The molecule has 0 unspecified atom stereocenters. The Kier molecular flexibility index (Phi) is 5.05. The summed E-state index contributed by atoms with van der Waals surface area (Å²) in [7, 11) is 0. The Hall–Kier alpha value is -1.51. The van der Waals surface area contributed by atoms with Crippen LogP contribution in [0.5, 0.6) is 0 Å². The molecule has 0 aliphatic rings. The van der Waals surface area contributed by atoms with E-state index in [2.05, 4.69) is 17.2 Å². The molecule has 2 aromatic rings. The van der Waals surface area contributed by atoms with Crippen LogP contribution < -0.4 is 5.32 Å². The van der Waals surface area contributed by atoms with Gasteiger partial charge in [0, 0.05) is 5.02 Å². The Balaban J connectivity index is 2.15. The number of hydrogen-bond acceptors (Lipinski definition) is 3. The number of aliphatic hydroxyl groups excluding tert-OH is 1. The van der Waals surface area contributed by atoms with Crippen LogP contribution >= 0.6 is 34.5 Å². The van der Waals surface area contributed by atoms with Gasteiger partial charge in [-0.1, -0.05) is 35.0 Å². The van der Waals surface area contributed by atoms with Crippen LogP contribution in [0.2, 0.25) is 10.0 Å². The highest BCUT2D eigenvalue weighted by Crippen LogP contribution is 2.26. The molecule has 0 aliphatic carbocycles. The Morgan fingerprint density at radius 3 is 2.85 bits per heavy atom. The van der Waals surface area contributed by atoms with Crippen molar-refractivity contribution in [1.29, 1.82) is 0 Å². The molecule has 2 N–H and O–H groups in total. The van der Waals surface area contributed by atoms with Crippen molar-refractivity contribution in [2.75, 3.05) is 11.9 Å². The molecular formula is C14H9Cl2NO2S. The van der Waals surface area contributed by atoms with Crippen LogP contribution in [0.1, 0.15) is 14.5 Å². The van der Waals surface area contributed by atoms with E-state index in [1.807, 2.05) is 0 Å². The Labute approximate surface area is 130 Å². The van der Waals surface area contributed by atoms with Gasteiger partial charge in [0.15, 0.2) is 0 Å². The molecule has 0 bridgehead atoms.